The number of nitrogens with one attached hydrogen (secondary N) is 2. The van der Waals surface area contributed by atoms with Gasteiger partial charge in [0.15, 0.2) is 11.6 Å². The number of aliphatic imine (C=N–C) groups is 1. The Morgan fingerprint density at radius 2 is 1.62 bits per heavy atom. The van der Waals surface area contributed by atoms with Gasteiger partial charge in [0.05, 0.1) is 28.8 Å². The topological polar surface area (TPSA) is 190 Å². The predicted octanol–water partition coefficient (Wildman–Crippen LogP) is 5.06. The van der Waals surface area contributed by atoms with Crippen LogP contribution in [0, 0.1) is 34.5 Å². The largest absolute Gasteiger partial charge is 0.341 e. The lowest BCUT2D eigenvalue weighted by Gasteiger charge is -2.28. The van der Waals surface area contributed by atoms with Crippen LogP contribution in [0.3, 0.4) is 0 Å². The molecule has 1 aromatic carbocycles. The highest BCUT2D eigenvalue weighted by Gasteiger charge is 2.40. The van der Waals surface area contributed by atoms with E-state index in [2.05, 4.69) is 40.3 Å². The molecule has 2 heterocycles. The first-order valence-corrected chi connectivity index (χ1v) is 17.2. The highest BCUT2D eigenvalue weighted by molar-refractivity contribution is 9.10. The maximum Gasteiger partial charge on any atom is 0.266 e. The molecule has 0 saturated heterocycles. The number of amides is 2. The zero-order chi connectivity index (χ0) is 35.1. The molecule has 0 spiro atoms. The fourth-order valence-corrected chi connectivity index (χ4v) is 6.46. The molecule has 47 heavy (non-hydrogen) atoms. The summed E-state index contributed by atoms with van der Waals surface area (Å²) in [5, 5.41) is 25.9. The van der Waals surface area contributed by atoms with E-state index in [1.807, 2.05) is 76.3 Å². The summed E-state index contributed by atoms with van der Waals surface area (Å²) in [5.74, 6) is 0.247. The van der Waals surface area contributed by atoms with E-state index in [1.54, 1.807) is 17.5 Å². The van der Waals surface area contributed by atoms with Crippen molar-refractivity contribution in [1.82, 2.24) is 24.3 Å². The average Bonchev–Trinajstić information content (AvgIpc) is 3.66. The lowest BCUT2D eigenvalue weighted by molar-refractivity contribution is -0.127. The van der Waals surface area contributed by atoms with Crippen LogP contribution in [-0.2, 0) is 15.1 Å². The third-order valence-corrected chi connectivity index (χ3v) is 8.53. The number of hydrogen-bond donors (Lipinski definition) is 3. The number of aromatic nitrogens is 2. The van der Waals surface area contributed by atoms with Gasteiger partial charge >= 0.3 is 0 Å². The van der Waals surface area contributed by atoms with Gasteiger partial charge in [-0.25, -0.2) is 4.99 Å². The molecule has 0 aliphatic heterocycles. The number of hydrogen-bond acceptors (Lipinski definition) is 12. The van der Waals surface area contributed by atoms with Gasteiger partial charge < -0.3 is 21.3 Å². The van der Waals surface area contributed by atoms with Crippen molar-refractivity contribution >= 4 is 68.1 Å². The van der Waals surface area contributed by atoms with Crippen LogP contribution in [0.4, 0.5) is 5.82 Å². The van der Waals surface area contributed by atoms with E-state index in [1.165, 1.54) is 23.1 Å². The summed E-state index contributed by atoms with van der Waals surface area (Å²) in [6, 6.07) is 11.1. The number of halogens is 1. The van der Waals surface area contributed by atoms with Crippen LogP contribution in [0.15, 0.2) is 44.5 Å². The molecule has 3 rings (SSSR count). The van der Waals surface area contributed by atoms with Crippen LogP contribution in [-0.4, -0.2) is 70.7 Å². The number of nitrogens with two attached hydrogens (primary N) is 1. The van der Waals surface area contributed by atoms with E-state index in [9.17, 15) is 14.4 Å². The van der Waals surface area contributed by atoms with Crippen molar-refractivity contribution in [3.05, 3.63) is 50.8 Å². The number of likely N-dealkylation sites (N-methyl/N-ethyl adjacent to an activating group) is 1. The molecule has 0 saturated carbocycles. The van der Waals surface area contributed by atoms with Crippen LogP contribution in [0.2, 0.25) is 0 Å². The van der Waals surface area contributed by atoms with Gasteiger partial charge in [0.2, 0.25) is 5.91 Å². The summed E-state index contributed by atoms with van der Waals surface area (Å²) in [5.41, 5.74) is 8.23. The SMILES string of the molecule is CC(C)CC(=Nc1nscc1-c1ccc(C(=O)CN(C)C)cc1)C(=O)NCC#N.CC(C)C[C@](N)(C(=O)NCC#N)c1nscc1Br. The number of carbonyl (C=O) groups excluding carboxylic acids is 3. The van der Waals surface area contributed by atoms with E-state index in [0.717, 1.165) is 15.6 Å². The minimum atomic E-state index is -1.20. The smallest absolute Gasteiger partial charge is 0.266 e. The Kier molecular flexibility index (Phi) is 16.0. The van der Waals surface area contributed by atoms with Gasteiger partial charge in [-0.15, -0.1) is 0 Å². The van der Waals surface area contributed by atoms with Crippen molar-refractivity contribution < 1.29 is 14.4 Å². The van der Waals surface area contributed by atoms with Crippen LogP contribution in [0.25, 0.3) is 11.1 Å². The molecule has 0 unspecified atom stereocenters. The first-order chi connectivity index (χ1) is 22.2. The van der Waals surface area contributed by atoms with E-state index < -0.39 is 5.54 Å². The first kappa shape index (κ1) is 39.3. The Bertz CT molecular complexity index is 1620. The molecule has 12 nitrogen and oxygen atoms in total. The predicted molar refractivity (Wildman–Crippen MR) is 189 cm³/mol. The quantitative estimate of drug-likeness (QED) is 0.115. The number of nitriles is 2. The van der Waals surface area contributed by atoms with Gasteiger partial charge in [0, 0.05) is 21.9 Å². The standard InChI is InChI=1S/C21H25N5O2S.C11H15BrN4OS/c1-14(2)11-18(21(28)23-10-9-22)24-20-17(13-29-25-20)15-5-7-16(8-6-15)19(27)12-26(3)4;1-7(2)5-11(14,10(17)15-4-3-13)9-8(12)6-18-16-9/h5-8,13-14H,10-12H2,1-4H3,(H,23,28);6-7H,4-5,14H2,1-2H3,(H,15,17)/t;11-/m.1/s1. The molecule has 0 radical (unpaired) electrons. The van der Waals surface area contributed by atoms with E-state index >= 15 is 0 Å². The molecule has 3 aromatic rings. The number of rotatable bonds is 14. The molecule has 0 fully saturated rings. The third kappa shape index (κ3) is 12.0. The zero-order valence-corrected chi connectivity index (χ0v) is 30.6. The van der Waals surface area contributed by atoms with E-state index in [0.29, 0.717) is 42.2 Å². The molecule has 2 amide bonds. The maximum absolute atomic E-state index is 12.4. The zero-order valence-electron chi connectivity index (χ0n) is 27.3. The molecule has 15 heteroatoms. The van der Waals surface area contributed by atoms with Crippen molar-refractivity contribution in [1.29, 1.82) is 10.5 Å². The molecular formula is C32H40BrN9O3S2. The number of Topliss-reactive ketones (excluding diaryl/α,β-unsaturated/α-hetero) is 1. The van der Waals surface area contributed by atoms with Crippen LogP contribution in [0.1, 0.15) is 56.6 Å². The second-order valence-corrected chi connectivity index (χ2v) is 13.8. The van der Waals surface area contributed by atoms with Crippen LogP contribution in [0.5, 0.6) is 0 Å². The molecule has 0 aliphatic carbocycles. The minimum Gasteiger partial charge on any atom is -0.341 e. The van der Waals surface area contributed by atoms with Crippen LogP contribution < -0.4 is 16.4 Å². The summed E-state index contributed by atoms with van der Waals surface area (Å²) in [4.78, 5) is 43.1. The fraction of sp³-hybridized carbons (Fsp3) is 0.438. The summed E-state index contributed by atoms with van der Waals surface area (Å²) in [6.07, 6.45) is 0.943. The normalized spacial score (nSPS) is 12.5. The highest BCUT2D eigenvalue weighted by Crippen LogP contribution is 2.33. The highest BCUT2D eigenvalue weighted by atomic mass is 79.9. The van der Waals surface area contributed by atoms with Gasteiger partial charge in [-0.1, -0.05) is 52.0 Å². The Hall–Kier alpha value is -3.86. The first-order valence-electron chi connectivity index (χ1n) is 14.7. The van der Waals surface area contributed by atoms with Crippen LogP contribution >= 0.6 is 39.0 Å². The second-order valence-electron chi connectivity index (χ2n) is 11.7. The summed E-state index contributed by atoms with van der Waals surface area (Å²) >= 11 is 5.85. The molecular weight excluding hydrogens is 702 g/mol. The van der Waals surface area contributed by atoms with Crippen molar-refractivity contribution in [3.8, 4) is 23.3 Å². The molecule has 250 valence electrons. The molecule has 0 bridgehead atoms. The van der Waals surface area contributed by atoms with Crippen molar-refractivity contribution in [2.75, 3.05) is 33.7 Å². The fourth-order valence-electron chi connectivity index (χ4n) is 4.39. The van der Waals surface area contributed by atoms with Gasteiger partial charge in [-0.3, -0.25) is 14.4 Å². The second kappa shape index (κ2) is 19.1. The van der Waals surface area contributed by atoms with E-state index in [-0.39, 0.29) is 42.5 Å². The molecule has 2 aromatic heterocycles. The Balaban J connectivity index is 0.000000366. The molecule has 4 N–H and O–H groups in total. The number of carbonyl (C=O) groups is 3. The van der Waals surface area contributed by atoms with Gasteiger partial charge in [0.1, 0.15) is 24.3 Å². The summed E-state index contributed by atoms with van der Waals surface area (Å²) in [6.45, 7) is 8.20. The van der Waals surface area contributed by atoms with Gasteiger partial charge in [-0.2, -0.15) is 19.3 Å². The van der Waals surface area contributed by atoms with Gasteiger partial charge in [0.25, 0.3) is 5.91 Å². The Labute approximate surface area is 292 Å². The lowest BCUT2D eigenvalue weighted by atomic mass is 9.86. The number of benzene rings is 1. The summed E-state index contributed by atoms with van der Waals surface area (Å²) in [7, 11) is 3.71. The lowest BCUT2D eigenvalue weighted by Crippen LogP contribution is -2.52. The Morgan fingerprint density at radius 1 is 1.00 bits per heavy atom. The van der Waals surface area contributed by atoms with Crippen molar-refractivity contribution in [2.24, 2.45) is 22.6 Å². The minimum absolute atomic E-state index is 0.0524. The molecule has 0 aliphatic rings. The van der Waals surface area contributed by atoms with Gasteiger partial charge in [-0.05, 0) is 83.3 Å². The maximum atomic E-state index is 12.4. The Morgan fingerprint density at radius 3 is 2.15 bits per heavy atom. The molecule has 1 atom stereocenters. The number of ketones is 1. The monoisotopic (exact) mass is 741 g/mol. The van der Waals surface area contributed by atoms with E-state index in [4.69, 9.17) is 16.3 Å². The van der Waals surface area contributed by atoms with Crippen molar-refractivity contribution in [3.63, 3.8) is 0 Å². The average molecular weight is 743 g/mol. The summed E-state index contributed by atoms with van der Waals surface area (Å²) < 4.78 is 9.26. The van der Waals surface area contributed by atoms with Crippen molar-refractivity contribution in [2.45, 2.75) is 46.1 Å². The third-order valence-electron chi connectivity index (χ3n) is 6.37. The number of nitrogens with zero attached hydrogens (tertiary/aromatic N) is 6.